The lowest BCUT2D eigenvalue weighted by molar-refractivity contribution is -0.132. The molecule has 1 amide bonds. The second-order valence-corrected chi connectivity index (χ2v) is 4.35. The van der Waals surface area contributed by atoms with E-state index in [4.69, 9.17) is 21.1 Å². The Balaban J connectivity index is 2.31. The van der Waals surface area contributed by atoms with Crippen molar-refractivity contribution in [3.8, 4) is 5.75 Å². The highest BCUT2D eigenvalue weighted by molar-refractivity contribution is 6.18. The molecular weight excluding hydrogens is 266 g/mol. The van der Waals surface area contributed by atoms with Gasteiger partial charge in [-0.3, -0.25) is 4.79 Å². The number of alkyl halides is 1. The molecule has 1 aromatic rings. The van der Waals surface area contributed by atoms with Crippen LogP contribution in [0.4, 0.5) is 0 Å². The lowest BCUT2D eigenvalue weighted by atomic mass is 10.3. The summed E-state index contributed by atoms with van der Waals surface area (Å²) in [6.07, 6.45) is 0.343. The molecule has 0 saturated carbocycles. The minimum absolute atomic E-state index is 0.0358. The number of ether oxygens (including phenoxy) is 2. The molecule has 0 atom stereocenters. The zero-order valence-corrected chi connectivity index (χ0v) is 11.9. The highest BCUT2D eigenvalue weighted by atomic mass is 35.5. The minimum atomic E-state index is 0.0358. The number of benzene rings is 1. The maximum atomic E-state index is 12.0. The SMILES string of the molecule is COCCN(CCCl)C(=O)CCOc1ccccc1. The summed E-state index contributed by atoms with van der Waals surface area (Å²) in [4.78, 5) is 13.7. The van der Waals surface area contributed by atoms with Crippen LogP contribution in [0.2, 0.25) is 0 Å². The van der Waals surface area contributed by atoms with Crippen molar-refractivity contribution in [3.05, 3.63) is 30.3 Å². The van der Waals surface area contributed by atoms with Crippen LogP contribution in [0, 0.1) is 0 Å². The number of carbonyl (C=O) groups is 1. The molecule has 19 heavy (non-hydrogen) atoms. The van der Waals surface area contributed by atoms with Crippen LogP contribution in [-0.2, 0) is 9.53 Å². The Hall–Kier alpha value is -1.26. The number of methoxy groups -OCH3 is 1. The lowest BCUT2D eigenvalue weighted by Crippen LogP contribution is -2.36. The fourth-order valence-electron chi connectivity index (χ4n) is 1.60. The van der Waals surface area contributed by atoms with Crippen LogP contribution in [0.1, 0.15) is 6.42 Å². The first-order valence-electron chi connectivity index (χ1n) is 6.28. The molecule has 0 aromatic heterocycles. The summed E-state index contributed by atoms with van der Waals surface area (Å²) < 4.78 is 10.5. The Kier molecular flexibility index (Phi) is 8.02. The molecule has 0 unspecified atom stereocenters. The summed E-state index contributed by atoms with van der Waals surface area (Å²) in [5.41, 5.74) is 0. The molecule has 106 valence electrons. The summed E-state index contributed by atoms with van der Waals surface area (Å²) in [7, 11) is 1.61. The average Bonchev–Trinajstić information content (AvgIpc) is 2.44. The van der Waals surface area contributed by atoms with Gasteiger partial charge in [0, 0.05) is 26.1 Å². The molecule has 0 N–H and O–H groups in total. The van der Waals surface area contributed by atoms with Gasteiger partial charge in [0.1, 0.15) is 5.75 Å². The third-order valence-electron chi connectivity index (χ3n) is 2.60. The first-order chi connectivity index (χ1) is 9.27. The van der Waals surface area contributed by atoms with Gasteiger partial charge in [0.15, 0.2) is 0 Å². The van der Waals surface area contributed by atoms with Gasteiger partial charge in [-0.1, -0.05) is 18.2 Å². The highest BCUT2D eigenvalue weighted by Crippen LogP contribution is 2.08. The van der Waals surface area contributed by atoms with Crippen LogP contribution in [-0.4, -0.2) is 50.1 Å². The Bertz CT molecular complexity index is 359. The quantitative estimate of drug-likeness (QED) is 0.653. The number of para-hydroxylation sites is 1. The molecule has 1 aromatic carbocycles. The van der Waals surface area contributed by atoms with E-state index in [1.54, 1.807) is 12.0 Å². The number of nitrogens with zero attached hydrogens (tertiary/aromatic N) is 1. The van der Waals surface area contributed by atoms with E-state index in [-0.39, 0.29) is 5.91 Å². The van der Waals surface area contributed by atoms with Gasteiger partial charge in [-0.05, 0) is 12.1 Å². The van der Waals surface area contributed by atoms with Crippen molar-refractivity contribution in [1.29, 1.82) is 0 Å². The molecule has 0 saturated heterocycles. The summed E-state index contributed by atoms with van der Waals surface area (Å²) in [6, 6.07) is 9.45. The van der Waals surface area contributed by atoms with E-state index in [0.717, 1.165) is 5.75 Å². The monoisotopic (exact) mass is 285 g/mol. The van der Waals surface area contributed by atoms with E-state index in [0.29, 0.717) is 38.6 Å². The second-order valence-electron chi connectivity index (χ2n) is 3.97. The number of amides is 1. The van der Waals surface area contributed by atoms with E-state index < -0.39 is 0 Å². The van der Waals surface area contributed by atoms with Crippen LogP contribution in [0.3, 0.4) is 0 Å². The maximum absolute atomic E-state index is 12.0. The number of hydrogen-bond acceptors (Lipinski definition) is 3. The molecule has 0 aliphatic rings. The van der Waals surface area contributed by atoms with Crippen molar-refractivity contribution >= 4 is 17.5 Å². The zero-order chi connectivity index (χ0) is 13.9. The molecule has 0 heterocycles. The van der Waals surface area contributed by atoms with E-state index >= 15 is 0 Å². The van der Waals surface area contributed by atoms with Gasteiger partial charge >= 0.3 is 0 Å². The third-order valence-corrected chi connectivity index (χ3v) is 2.77. The fraction of sp³-hybridized carbons (Fsp3) is 0.500. The van der Waals surface area contributed by atoms with Crippen LogP contribution < -0.4 is 4.74 Å². The van der Waals surface area contributed by atoms with Crippen LogP contribution in [0.15, 0.2) is 30.3 Å². The van der Waals surface area contributed by atoms with Gasteiger partial charge in [-0.25, -0.2) is 0 Å². The Morgan fingerprint density at radius 3 is 2.58 bits per heavy atom. The molecule has 5 heteroatoms. The summed E-state index contributed by atoms with van der Waals surface area (Å²) >= 11 is 5.68. The van der Waals surface area contributed by atoms with Gasteiger partial charge in [-0.2, -0.15) is 0 Å². The molecular formula is C14H20ClNO3. The van der Waals surface area contributed by atoms with Crippen molar-refractivity contribution < 1.29 is 14.3 Å². The molecule has 4 nitrogen and oxygen atoms in total. The van der Waals surface area contributed by atoms with E-state index in [1.807, 2.05) is 30.3 Å². The number of halogens is 1. The predicted molar refractivity (Wildman–Crippen MR) is 75.7 cm³/mol. The lowest BCUT2D eigenvalue weighted by Gasteiger charge is -2.21. The number of rotatable bonds is 9. The predicted octanol–water partition coefficient (Wildman–Crippen LogP) is 2.17. The van der Waals surface area contributed by atoms with Gasteiger partial charge in [-0.15, -0.1) is 11.6 Å². The largest absolute Gasteiger partial charge is 0.493 e. The second kappa shape index (κ2) is 9.64. The standard InChI is InChI=1S/C14H20ClNO3/c1-18-12-10-16(9-8-15)14(17)7-11-19-13-5-3-2-4-6-13/h2-6H,7-12H2,1H3. The van der Waals surface area contributed by atoms with Crippen LogP contribution in [0.5, 0.6) is 5.75 Å². The minimum Gasteiger partial charge on any atom is -0.493 e. The summed E-state index contributed by atoms with van der Waals surface area (Å²) in [5, 5.41) is 0. The molecule has 0 radical (unpaired) electrons. The van der Waals surface area contributed by atoms with Gasteiger partial charge in [0.05, 0.1) is 19.6 Å². The van der Waals surface area contributed by atoms with Crippen molar-refractivity contribution in [1.82, 2.24) is 4.90 Å². The number of carbonyl (C=O) groups excluding carboxylic acids is 1. The smallest absolute Gasteiger partial charge is 0.226 e. The van der Waals surface area contributed by atoms with Crippen molar-refractivity contribution in [2.24, 2.45) is 0 Å². The van der Waals surface area contributed by atoms with Crippen molar-refractivity contribution in [3.63, 3.8) is 0 Å². The maximum Gasteiger partial charge on any atom is 0.226 e. The van der Waals surface area contributed by atoms with Crippen LogP contribution in [0.25, 0.3) is 0 Å². The summed E-state index contributed by atoms with van der Waals surface area (Å²) in [5.74, 6) is 1.24. The highest BCUT2D eigenvalue weighted by Gasteiger charge is 2.12. The molecule has 0 bridgehead atoms. The normalized spacial score (nSPS) is 10.2. The van der Waals surface area contributed by atoms with Crippen LogP contribution >= 0.6 is 11.6 Å². The Morgan fingerprint density at radius 2 is 1.95 bits per heavy atom. The van der Waals surface area contributed by atoms with E-state index in [2.05, 4.69) is 0 Å². The van der Waals surface area contributed by atoms with Crippen molar-refractivity contribution in [2.45, 2.75) is 6.42 Å². The molecule has 0 aliphatic carbocycles. The topological polar surface area (TPSA) is 38.8 Å². The average molecular weight is 286 g/mol. The Morgan fingerprint density at radius 1 is 1.21 bits per heavy atom. The molecule has 0 aliphatic heterocycles. The zero-order valence-electron chi connectivity index (χ0n) is 11.2. The molecule has 0 fully saturated rings. The van der Waals surface area contributed by atoms with Gasteiger partial charge < -0.3 is 14.4 Å². The Labute approximate surface area is 119 Å². The van der Waals surface area contributed by atoms with Gasteiger partial charge in [0.2, 0.25) is 5.91 Å². The number of hydrogen-bond donors (Lipinski definition) is 0. The summed E-state index contributed by atoms with van der Waals surface area (Å²) in [6.45, 7) is 1.99. The fourth-order valence-corrected chi connectivity index (χ4v) is 1.80. The third kappa shape index (κ3) is 6.45. The van der Waals surface area contributed by atoms with Gasteiger partial charge in [0.25, 0.3) is 0 Å². The molecule has 1 rings (SSSR count). The van der Waals surface area contributed by atoms with E-state index in [1.165, 1.54) is 0 Å². The molecule has 0 spiro atoms. The van der Waals surface area contributed by atoms with Crippen molar-refractivity contribution in [2.75, 3.05) is 39.3 Å². The first-order valence-corrected chi connectivity index (χ1v) is 6.82. The first kappa shape index (κ1) is 15.8. The van der Waals surface area contributed by atoms with E-state index in [9.17, 15) is 4.79 Å².